The molecule has 2 saturated heterocycles. The van der Waals surface area contributed by atoms with Crippen LogP contribution in [-0.4, -0.2) is 47.9 Å². The number of carbonyl (C=O) groups excluding carboxylic acids is 1. The molecule has 1 amide bonds. The Morgan fingerprint density at radius 3 is 2.44 bits per heavy atom. The molecule has 6 heteroatoms. The van der Waals surface area contributed by atoms with Crippen molar-refractivity contribution in [2.45, 2.75) is 37.9 Å². The first-order valence-electron chi connectivity index (χ1n) is 8.82. The van der Waals surface area contributed by atoms with Crippen LogP contribution in [0, 0.1) is 0 Å². The van der Waals surface area contributed by atoms with Gasteiger partial charge in [-0.3, -0.25) is 4.79 Å². The third kappa shape index (κ3) is 4.63. The van der Waals surface area contributed by atoms with Gasteiger partial charge in [0.25, 0.3) is 0 Å². The van der Waals surface area contributed by atoms with E-state index in [2.05, 4.69) is 4.90 Å². The summed E-state index contributed by atoms with van der Waals surface area (Å²) in [5, 5.41) is 0. The second kappa shape index (κ2) is 7.60. The van der Waals surface area contributed by atoms with E-state index in [0.29, 0.717) is 5.56 Å². The molecular formula is C19H23F3N2O. The van der Waals surface area contributed by atoms with Crippen LogP contribution in [0.25, 0.3) is 6.08 Å². The van der Waals surface area contributed by atoms with E-state index in [0.717, 1.165) is 51.2 Å². The van der Waals surface area contributed by atoms with Gasteiger partial charge in [0.05, 0.1) is 5.56 Å². The van der Waals surface area contributed by atoms with Gasteiger partial charge in [0.1, 0.15) is 0 Å². The Balaban J connectivity index is 1.59. The zero-order chi connectivity index (χ0) is 17.9. The molecule has 2 fully saturated rings. The van der Waals surface area contributed by atoms with E-state index in [4.69, 9.17) is 0 Å². The van der Waals surface area contributed by atoms with Gasteiger partial charge in [-0.1, -0.05) is 12.1 Å². The number of hydrogen-bond acceptors (Lipinski definition) is 2. The number of halogens is 3. The van der Waals surface area contributed by atoms with Gasteiger partial charge in [-0.2, -0.15) is 13.2 Å². The zero-order valence-corrected chi connectivity index (χ0v) is 14.1. The Morgan fingerprint density at radius 2 is 1.80 bits per heavy atom. The van der Waals surface area contributed by atoms with Gasteiger partial charge in [-0.25, -0.2) is 0 Å². The summed E-state index contributed by atoms with van der Waals surface area (Å²) in [4.78, 5) is 16.8. The van der Waals surface area contributed by atoms with E-state index in [1.165, 1.54) is 31.1 Å². The highest BCUT2D eigenvalue weighted by Gasteiger charge is 2.30. The number of alkyl halides is 3. The van der Waals surface area contributed by atoms with Crippen molar-refractivity contribution < 1.29 is 18.0 Å². The van der Waals surface area contributed by atoms with E-state index in [9.17, 15) is 18.0 Å². The second-order valence-electron chi connectivity index (χ2n) is 6.79. The summed E-state index contributed by atoms with van der Waals surface area (Å²) in [5.41, 5.74) is -0.0853. The van der Waals surface area contributed by atoms with Crippen LogP contribution >= 0.6 is 0 Å². The molecule has 0 N–H and O–H groups in total. The normalized spacial score (nSPS) is 22.2. The van der Waals surface area contributed by atoms with Crippen LogP contribution in [0.3, 0.4) is 0 Å². The molecule has 3 nitrogen and oxygen atoms in total. The lowest BCUT2D eigenvalue weighted by molar-refractivity contribution is -0.137. The van der Waals surface area contributed by atoms with Gasteiger partial charge in [0.15, 0.2) is 0 Å². The SMILES string of the molecule is O=C(/[14CH]=C/c1ccc(C(F)(F)F)cc1)N1CCC[C@H]1CN1CCCC1. The van der Waals surface area contributed by atoms with Gasteiger partial charge in [-0.05, 0) is 62.5 Å². The van der Waals surface area contributed by atoms with Gasteiger partial charge in [-0.15, -0.1) is 0 Å². The van der Waals surface area contributed by atoms with Gasteiger partial charge < -0.3 is 9.80 Å². The summed E-state index contributed by atoms with van der Waals surface area (Å²) in [6.07, 6.45) is 3.23. The highest BCUT2D eigenvalue weighted by Crippen LogP contribution is 2.29. The van der Waals surface area contributed by atoms with Crippen LogP contribution in [0.15, 0.2) is 30.3 Å². The van der Waals surface area contributed by atoms with Crippen molar-refractivity contribution in [1.82, 2.24) is 9.80 Å². The summed E-state index contributed by atoms with van der Waals surface area (Å²) in [5.74, 6) is -0.0541. The number of likely N-dealkylation sites (tertiary alicyclic amines) is 2. The van der Waals surface area contributed by atoms with Crippen molar-refractivity contribution >= 4 is 12.0 Å². The molecule has 0 spiro atoms. The maximum atomic E-state index is 12.6. The monoisotopic (exact) mass is 354 g/mol. The Kier molecular flexibility index (Phi) is 5.47. The summed E-state index contributed by atoms with van der Waals surface area (Å²) < 4.78 is 37.7. The standard InChI is InChI=1S/C19H23F3N2O/c20-19(21,22)16-8-5-15(6-9-16)7-10-18(25)24-13-3-4-17(24)14-23-11-1-2-12-23/h5-10,17H,1-4,11-14H2/b10-7+/t17-/m0/s1/i10+2. The molecule has 0 bridgehead atoms. The van der Waals surface area contributed by atoms with Crippen LogP contribution in [0.5, 0.6) is 0 Å². The summed E-state index contributed by atoms with van der Waals surface area (Å²) in [6, 6.07) is 5.10. The predicted molar refractivity (Wildman–Crippen MR) is 90.9 cm³/mol. The predicted octanol–water partition coefficient (Wildman–Crippen LogP) is 3.81. The Hall–Kier alpha value is -1.82. The van der Waals surface area contributed by atoms with E-state index in [1.807, 2.05) is 4.90 Å². The third-order valence-corrected chi connectivity index (χ3v) is 4.98. The van der Waals surface area contributed by atoms with E-state index in [1.54, 1.807) is 6.08 Å². The Labute approximate surface area is 146 Å². The highest BCUT2D eigenvalue weighted by atomic mass is 19.4. The Morgan fingerprint density at radius 1 is 1.12 bits per heavy atom. The maximum Gasteiger partial charge on any atom is 0.416 e. The number of amides is 1. The first-order valence-corrected chi connectivity index (χ1v) is 8.82. The van der Waals surface area contributed by atoms with Gasteiger partial charge in [0, 0.05) is 25.2 Å². The fourth-order valence-corrected chi connectivity index (χ4v) is 3.63. The van der Waals surface area contributed by atoms with E-state index < -0.39 is 11.7 Å². The molecule has 0 radical (unpaired) electrons. The number of hydrogen-bond donors (Lipinski definition) is 0. The lowest BCUT2D eigenvalue weighted by atomic mass is 10.1. The van der Waals surface area contributed by atoms with Crippen molar-refractivity contribution in [1.29, 1.82) is 0 Å². The van der Waals surface area contributed by atoms with Gasteiger partial charge in [0.2, 0.25) is 5.91 Å². The van der Waals surface area contributed by atoms with Gasteiger partial charge >= 0.3 is 6.18 Å². The fourth-order valence-electron chi connectivity index (χ4n) is 3.63. The first kappa shape index (κ1) is 18.0. The average Bonchev–Trinajstić information content (AvgIpc) is 3.24. The minimum atomic E-state index is -4.34. The van der Waals surface area contributed by atoms with Crippen molar-refractivity contribution in [2.75, 3.05) is 26.2 Å². The van der Waals surface area contributed by atoms with Crippen LogP contribution in [0.1, 0.15) is 36.8 Å². The van der Waals surface area contributed by atoms with Crippen LogP contribution in [0.2, 0.25) is 0 Å². The number of rotatable bonds is 4. The molecule has 0 aliphatic carbocycles. The van der Waals surface area contributed by atoms with Crippen molar-refractivity contribution in [2.24, 2.45) is 0 Å². The van der Waals surface area contributed by atoms with Crippen molar-refractivity contribution in [3.8, 4) is 0 Å². The molecule has 2 aliphatic heterocycles. The molecule has 136 valence electrons. The Bertz CT molecular complexity index is 619. The molecule has 2 aliphatic rings. The molecule has 25 heavy (non-hydrogen) atoms. The van der Waals surface area contributed by atoms with E-state index in [-0.39, 0.29) is 11.9 Å². The summed E-state index contributed by atoms with van der Waals surface area (Å²) in [6.45, 7) is 3.91. The van der Waals surface area contributed by atoms with E-state index >= 15 is 0 Å². The maximum absolute atomic E-state index is 12.6. The van der Waals surface area contributed by atoms with Crippen LogP contribution in [-0.2, 0) is 11.0 Å². The van der Waals surface area contributed by atoms with Crippen LogP contribution < -0.4 is 0 Å². The lowest BCUT2D eigenvalue weighted by Gasteiger charge is -2.27. The van der Waals surface area contributed by atoms with Crippen molar-refractivity contribution in [3.63, 3.8) is 0 Å². The number of nitrogens with zero attached hydrogens (tertiary/aromatic N) is 2. The largest absolute Gasteiger partial charge is 0.416 e. The average molecular weight is 354 g/mol. The van der Waals surface area contributed by atoms with Crippen molar-refractivity contribution in [3.05, 3.63) is 41.5 Å². The minimum absolute atomic E-state index is 0.0541. The molecule has 3 rings (SSSR count). The molecule has 0 saturated carbocycles. The number of carbonyl (C=O) groups is 1. The third-order valence-electron chi connectivity index (χ3n) is 4.98. The first-order chi connectivity index (χ1) is 11.9. The molecule has 0 unspecified atom stereocenters. The molecule has 0 aromatic heterocycles. The summed E-state index contributed by atoms with van der Waals surface area (Å²) >= 11 is 0. The molecule has 1 atom stereocenters. The quantitative estimate of drug-likeness (QED) is 0.768. The van der Waals surface area contributed by atoms with Crippen LogP contribution in [0.4, 0.5) is 13.2 Å². The number of benzene rings is 1. The minimum Gasteiger partial charge on any atom is -0.335 e. The topological polar surface area (TPSA) is 23.6 Å². The molecule has 2 heterocycles. The molecular weight excluding hydrogens is 331 g/mol. The second-order valence-corrected chi connectivity index (χ2v) is 6.79. The highest BCUT2D eigenvalue weighted by molar-refractivity contribution is 5.92. The lowest BCUT2D eigenvalue weighted by Crippen LogP contribution is -2.41. The zero-order valence-electron chi connectivity index (χ0n) is 14.1. The smallest absolute Gasteiger partial charge is 0.335 e. The fraction of sp³-hybridized carbons (Fsp3) is 0.526. The molecule has 1 aromatic carbocycles. The molecule has 1 aromatic rings. The summed E-state index contributed by atoms with van der Waals surface area (Å²) in [7, 11) is 0.